The van der Waals surface area contributed by atoms with Gasteiger partial charge in [0.2, 0.25) is 5.91 Å². The van der Waals surface area contributed by atoms with Gasteiger partial charge in [-0.25, -0.2) is 4.98 Å². The highest BCUT2D eigenvalue weighted by atomic mass is 35.5. The van der Waals surface area contributed by atoms with Crippen molar-refractivity contribution in [1.82, 2.24) is 4.98 Å². The zero-order chi connectivity index (χ0) is 14.5. The van der Waals surface area contributed by atoms with E-state index in [9.17, 15) is 4.79 Å². The van der Waals surface area contributed by atoms with Gasteiger partial charge in [-0.3, -0.25) is 4.79 Å². The van der Waals surface area contributed by atoms with Crippen molar-refractivity contribution >= 4 is 46.3 Å². The zero-order valence-corrected chi connectivity index (χ0v) is 12.3. The molecule has 0 aliphatic carbocycles. The van der Waals surface area contributed by atoms with Crippen LogP contribution in [0.2, 0.25) is 10.0 Å². The summed E-state index contributed by atoms with van der Waals surface area (Å²) in [4.78, 5) is 15.4. The van der Waals surface area contributed by atoms with Crippen LogP contribution in [0.1, 0.15) is 13.3 Å². The standard InChI is InChI=1S/C14H13Cl2N3O/c1-2-14(20)19-13-6-4-10(8-17-13)18-9-3-5-11(15)12(16)7-9/h3-8,18H,2H2,1H3,(H,17,19,20). The Morgan fingerprint density at radius 2 is 1.90 bits per heavy atom. The lowest BCUT2D eigenvalue weighted by Crippen LogP contribution is -2.10. The lowest BCUT2D eigenvalue weighted by molar-refractivity contribution is -0.115. The number of carbonyl (C=O) groups excluding carboxylic acids is 1. The van der Waals surface area contributed by atoms with E-state index < -0.39 is 0 Å². The van der Waals surface area contributed by atoms with Crippen molar-refractivity contribution in [3.05, 3.63) is 46.6 Å². The fourth-order valence-corrected chi connectivity index (χ4v) is 1.81. The number of nitrogens with one attached hydrogen (secondary N) is 2. The molecule has 1 aromatic heterocycles. The van der Waals surface area contributed by atoms with Gasteiger partial charge in [0.15, 0.2) is 0 Å². The molecule has 0 spiro atoms. The topological polar surface area (TPSA) is 54.0 Å². The SMILES string of the molecule is CCC(=O)Nc1ccc(Nc2ccc(Cl)c(Cl)c2)cn1. The molecule has 0 radical (unpaired) electrons. The van der Waals surface area contributed by atoms with E-state index in [1.54, 1.807) is 31.3 Å². The van der Waals surface area contributed by atoms with Gasteiger partial charge < -0.3 is 10.6 Å². The molecular formula is C14H13Cl2N3O. The Bertz CT molecular complexity index is 614. The maximum atomic E-state index is 11.2. The molecule has 1 amide bonds. The number of amides is 1. The van der Waals surface area contributed by atoms with Crippen LogP contribution >= 0.6 is 23.2 Å². The summed E-state index contributed by atoms with van der Waals surface area (Å²) in [6.45, 7) is 1.79. The molecule has 104 valence electrons. The minimum Gasteiger partial charge on any atom is -0.354 e. The normalized spacial score (nSPS) is 10.2. The van der Waals surface area contributed by atoms with Gasteiger partial charge >= 0.3 is 0 Å². The second-order valence-corrected chi connectivity index (χ2v) is 4.90. The molecule has 1 aromatic carbocycles. The number of aromatic nitrogens is 1. The fraction of sp³-hybridized carbons (Fsp3) is 0.143. The Balaban J connectivity index is 2.06. The average molecular weight is 310 g/mol. The number of anilines is 3. The molecule has 0 aliphatic heterocycles. The Morgan fingerprint density at radius 3 is 2.50 bits per heavy atom. The van der Waals surface area contributed by atoms with Crippen molar-refractivity contribution in [3.8, 4) is 0 Å². The number of benzene rings is 1. The van der Waals surface area contributed by atoms with Crippen molar-refractivity contribution in [2.24, 2.45) is 0 Å². The first kappa shape index (κ1) is 14.6. The van der Waals surface area contributed by atoms with Crippen LogP contribution in [0.4, 0.5) is 17.2 Å². The van der Waals surface area contributed by atoms with Gasteiger partial charge in [0, 0.05) is 12.1 Å². The molecule has 0 fully saturated rings. The number of hydrogen-bond acceptors (Lipinski definition) is 3. The monoisotopic (exact) mass is 309 g/mol. The van der Waals surface area contributed by atoms with Gasteiger partial charge in [-0.05, 0) is 30.3 Å². The predicted octanol–water partition coefficient (Wildman–Crippen LogP) is 4.48. The van der Waals surface area contributed by atoms with Crippen molar-refractivity contribution in [1.29, 1.82) is 0 Å². The quantitative estimate of drug-likeness (QED) is 0.875. The third-order valence-corrected chi connectivity index (χ3v) is 3.30. The largest absolute Gasteiger partial charge is 0.354 e. The summed E-state index contributed by atoms with van der Waals surface area (Å²) in [7, 11) is 0. The van der Waals surface area contributed by atoms with Crippen LogP contribution in [0.3, 0.4) is 0 Å². The minimum atomic E-state index is -0.0670. The van der Waals surface area contributed by atoms with Gasteiger partial charge in [0.05, 0.1) is 21.9 Å². The van der Waals surface area contributed by atoms with Crippen LogP contribution in [-0.2, 0) is 4.79 Å². The smallest absolute Gasteiger partial charge is 0.225 e. The molecule has 2 rings (SSSR count). The molecule has 0 unspecified atom stereocenters. The molecule has 0 aliphatic rings. The highest BCUT2D eigenvalue weighted by molar-refractivity contribution is 6.42. The summed E-state index contributed by atoms with van der Waals surface area (Å²) >= 11 is 11.8. The summed E-state index contributed by atoms with van der Waals surface area (Å²) in [6.07, 6.45) is 2.05. The van der Waals surface area contributed by atoms with Crippen LogP contribution in [0.15, 0.2) is 36.5 Å². The summed E-state index contributed by atoms with van der Waals surface area (Å²) in [6, 6.07) is 8.82. The Morgan fingerprint density at radius 1 is 1.15 bits per heavy atom. The fourth-order valence-electron chi connectivity index (χ4n) is 1.51. The van der Waals surface area contributed by atoms with E-state index in [-0.39, 0.29) is 5.91 Å². The molecule has 20 heavy (non-hydrogen) atoms. The summed E-state index contributed by atoms with van der Waals surface area (Å²) in [5, 5.41) is 6.82. The van der Waals surface area contributed by atoms with E-state index in [1.807, 2.05) is 12.1 Å². The molecule has 2 aromatic rings. The van der Waals surface area contributed by atoms with Crippen molar-refractivity contribution in [2.45, 2.75) is 13.3 Å². The molecule has 6 heteroatoms. The number of carbonyl (C=O) groups is 1. The van der Waals surface area contributed by atoms with E-state index in [2.05, 4.69) is 15.6 Å². The van der Waals surface area contributed by atoms with Crippen molar-refractivity contribution in [3.63, 3.8) is 0 Å². The lowest BCUT2D eigenvalue weighted by atomic mass is 10.3. The van der Waals surface area contributed by atoms with E-state index in [0.717, 1.165) is 11.4 Å². The van der Waals surface area contributed by atoms with E-state index >= 15 is 0 Å². The third-order valence-electron chi connectivity index (χ3n) is 2.56. The highest BCUT2D eigenvalue weighted by Gasteiger charge is 2.02. The van der Waals surface area contributed by atoms with Crippen LogP contribution in [0.25, 0.3) is 0 Å². The van der Waals surface area contributed by atoms with Crippen LogP contribution in [0, 0.1) is 0 Å². The third kappa shape index (κ3) is 3.85. The lowest BCUT2D eigenvalue weighted by Gasteiger charge is -2.08. The number of pyridine rings is 1. The second kappa shape index (κ2) is 6.59. The number of hydrogen-bond donors (Lipinski definition) is 2. The minimum absolute atomic E-state index is 0.0670. The van der Waals surface area contributed by atoms with Crippen molar-refractivity contribution in [2.75, 3.05) is 10.6 Å². The first-order chi connectivity index (χ1) is 9.58. The Hall–Kier alpha value is -1.78. The van der Waals surface area contributed by atoms with Gasteiger partial charge in [0.1, 0.15) is 5.82 Å². The molecule has 4 nitrogen and oxygen atoms in total. The second-order valence-electron chi connectivity index (χ2n) is 4.09. The number of nitrogens with zero attached hydrogens (tertiary/aromatic N) is 1. The molecular weight excluding hydrogens is 297 g/mol. The molecule has 0 atom stereocenters. The first-order valence-electron chi connectivity index (χ1n) is 6.06. The number of halogens is 2. The summed E-state index contributed by atoms with van der Waals surface area (Å²) in [5.74, 6) is 0.458. The van der Waals surface area contributed by atoms with Gasteiger partial charge in [-0.1, -0.05) is 30.1 Å². The molecule has 0 saturated heterocycles. The molecule has 0 saturated carbocycles. The van der Waals surface area contributed by atoms with Gasteiger partial charge in [0.25, 0.3) is 0 Å². The van der Waals surface area contributed by atoms with E-state index in [4.69, 9.17) is 23.2 Å². The molecule has 0 bridgehead atoms. The Labute approximate surface area is 127 Å². The van der Waals surface area contributed by atoms with E-state index in [1.165, 1.54) is 0 Å². The van der Waals surface area contributed by atoms with Crippen LogP contribution < -0.4 is 10.6 Å². The summed E-state index contributed by atoms with van der Waals surface area (Å²) < 4.78 is 0. The maximum absolute atomic E-state index is 11.2. The molecule has 1 heterocycles. The molecule has 2 N–H and O–H groups in total. The van der Waals surface area contributed by atoms with Crippen molar-refractivity contribution < 1.29 is 4.79 Å². The first-order valence-corrected chi connectivity index (χ1v) is 6.82. The van der Waals surface area contributed by atoms with Gasteiger partial charge in [-0.15, -0.1) is 0 Å². The van der Waals surface area contributed by atoms with Gasteiger partial charge in [-0.2, -0.15) is 0 Å². The zero-order valence-electron chi connectivity index (χ0n) is 10.8. The number of rotatable bonds is 4. The van der Waals surface area contributed by atoms with Crippen LogP contribution in [-0.4, -0.2) is 10.9 Å². The predicted molar refractivity (Wildman–Crippen MR) is 82.9 cm³/mol. The average Bonchev–Trinajstić information content (AvgIpc) is 2.45. The van der Waals surface area contributed by atoms with E-state index in [0.29, 0.717) is 22.3 Å². The Kier molecular flexibility index (Phi) is 4.82. The maximum Gasteiger partial charge on any atom is 0.225 e. The van der Waals surface area contributed by atoms with Crippen LogP contribution in [0.5, 0.6) is 0 Å². The summed E-state index contributed by atoms with van der Waals surface area (Å²) in [5.41, 5.74) is 1.60. The highest BCUT2D eigenvalue weighted by Crippen LogP contribution is 2.26.